The van der Waals surface area contributed by atoms with E-state index in [-0.39, 0.29) is 30.7 Å². The molecule has 2 fully saturated rings. The number of hydrogen-bond acceptors (Lipinski definition) is 4. The van der Waals surface area contributed by atoms with E-state index in [0.717, 1.165) is 25.9 Å². The maximum Gasteiger partial charge on any atom is 0.265 e. The van der Waals surface area contributed by atoms with Crippen LogP contribution in [0.25, 0.3) is 0 Å². The summed E-state index contributed by atoms with van der Waals surface area (Å²) in [5.74, 6) is -2.71. The monoisotopic (exact) mass is 533 g/mol. The van der Waals surface area contributed by atoms with Gasteiger partial charge in [0.05, 0.1) is 6.61 Å². The van der Waals surface area contributed by atoms with Crippen LogP contribution >= 0.6 is 0 Å². The highest BCUT2D eigenvalue weighted by Gasteiger charge is 2.48. The van der Waals surface area contributed by atoms with Gasteiger partial charge in [-0.1, -0.05) is 24.3 Å². The van der Waals surface area contributed by atoms with E-state index in [1.807, 2.05) is 0 Å². The molecule has 9 heteroatoms. The van der Waals surface area contributed by atoms with Crippen molar-refractivity contribution in [1.29, 1.82) is 0 Å². The second kappa shape index (κ2) is 11.5. The zero-order valence-corrected chi connectivity index (χ0v) is 22.2. The molecule has 2 heterocycles. The Labute approximate surface area is 222 Å². The van der Waals surface area contributed by atoms with Crippen LogP contribution in [-0.4, -0.2) is 72.3 Å². The Bertz CT molecular complexity index is 1070. The van der Waals surface area contributed by atoms with Gasteiger partial charge in [0.25, 0.3) is 5.91 Å². The molecule has 2 saturated heterocycles. The molecule has 0 aromatic heterocycles. The number of carbonyl (C=O) groups excluding carboxylic acids is 2. The minimum absolute atomic E-state index is 0.0840. The fraction of sp³-hybridized carbons (Fsp3) is 0.586. The van der Waals surface area contributed by atoms with Crippen molar-refractivity contribution < 1.29 is 27.5 Å². The second-order valence-corrected chi connectivity index (χ2v) is 11.4. The van der Waals surface area contributed by atoms with Crippen LogP contribution < -0.4 is 10.5 Å². The molecule has 6 nitrogen and oxygen atoms in total. The molecule has 0 spiro atoms. The average Bonchev–Trinajstić information content (AvgIpc) is 2.88. The maximum absolute atomic E-state index is 16.3. The van der Waals surface area contributed by atoms with E-state index in [2.05, 4.69) is 4.90 Å². The Balaban J connectivity index is 1.37. The molecule has 2 atom stereocenters. The van der Waals surface area contributed by atoms with E-state index in [1.165, 1.54) is 29.2 Å². The molecular formula is C29H38F3N3O3. The number of hydrogen-bond donors (Lipinski definition) is 1. The zero-order chi connectivity index (χ0) is 27.5. The maximum atomic E-state index is 16.3. The molecule has 3 aliphatic rings. The van der Waals surface area contributed by atoms with Crippen LogP contribution in [0.2, 0.25) is 0 Å². The first-order valence-electron chi connectivity index (χ1n) is 13.4. The Morgan fingerprint density at radius 1 is 1.11 bits per heavy atom. The summed E-state index contributed by atoms with van der Waals surface area (Å²) in [6.07, 6.45) is 8.40. The molecule has 2 aliphatic heterocycles. The summed E-state index contributed by atoms with van der Waals surface area (Å²) in [6, 6.07) is 4.32. The molecule has 0 saturated carbocycles. The van der Waals surface area contributed by atoms with Crippen LogP contribution in [0.1, 0.15) is 51.0 Å². The van der Waals surface area contributed by atoms with E-state index in [9.17, 15) is 14.0 Å². The summed E-state index contributed by atoms with van der Waals surface area (Å²) in [5, 5.41) is 0. The molecule has 0 bridgehead atoms. The normalized spacial score (nSPS) is 25.5. The van der Waals surface area contributed by atoms with Crippen LogP contribution in [0.5, 0.6) is 5.75 Å². The Morgan fingerprint density at radius 2 is 1.79 bits per heavy atom. The van der Waals surface area contributed by atoms with Crippen molar-refractivity contribution in [1.82, 2.24) is 9.80 Å². The third-order valence-corrected chi connectivity index (χ3v) is 7.81. The van der Waals surface area contributed by atoms with Crippen molar-refractivity contribution in [3.63, 3.8) is 0 Å². The predicted molar refractivity (Wildman–Crippen MR) is 140 cm³/mol. The summed E-state index contributed by atoms with van der Waals surface area (Å²) in [4.78, 5) is 28.2. The number of amides is 2. The number of primary amides is 1. The smallest absolute Gasteiger partial charge is 0.265 e. The van der Waals surface area contributed by atoms with Crippen LogP contribution in [0, 0.1) is 17.7 Å². The van der Waals surface area contributed by atoms with Gasteiger partial charge in [-0.05, 0) is 82.3 Å². The Morgan fingerprint density at radius 3 is 2.39 bits per heavy atom. The lowest BCUT2D eigenvalue weighted by Crippen LogP contribution is -2.52. The molecule has 2 unspecified atom stereocenters. The number of carbonyl (C=O) groups is 2. The standard InChI is InChI=1S/C29H38F3N3O3/c1-28(2,31)19-34-13-8-20(9-14-34)18-38-25-7-6-22(17-24(25)30)23-5-3-4-12-29(23,32)27(37)35-15-10-21(11-16-35)26(33)36/h3-7,12,17,20-21,23H,8-11,13-16,18-19H2,1-2H3,(H2,33,36). The van der Waals surface area contributed by atoms with E-state index in [0.29, 0.717) is 31.6 Å². The average molecular weight is 534 g/mol. The minimum Gasteiger partial charge on any atom is -0.490 e. The van der Waals surface area contributed by atoms with Gasteiger partial charge in [-0.15, -0.1) is 0 Å². The van der Waals surface area contributed by atoms with E-state index >= 15 is 8.78 Å². The first-order chi connectivity index (χ1) is 18.0. The van der Waals surface area contributed by atoms with Gasteiger partial charge in [0.1, 0.15) is 5.67 Å². The number of nitrogens with two attached hydrogens (primary N) is 1. The van der Waals surface area contributed by atoms with Crippen molar-refractivity contribution in [3.05, 3.63) is 53.9 Å². The van der Waals surface area contributed by atoms with Crippen molar-refractivity contribution in [3.8, 4) is 5.75 Å². The second-order valence-electron chi connectivity index (χ2n) is 11.4. The molecular weight excluding hydrogens is 495 g/mol. The number of allylic oxidation sites excluding steroid dienone is 3. The number of ether oxygens (including phenoxy) is 1. The van der Waals surface area contributed by atoms with Crippen molar-refractivity contribution in [2.75, 3.05) is 39.3 Å². The van der Waals surface area contributed by atoms with Gasteiger partial charge in [-0.3, -0.25) is 9.59 Å². The highest BCUT2D eigenvalue weighted by atomic mass is 19.1. The number of nitrogens with zero attached hydrogens (tertiary/aromatic N) is 2. The number of piperidine rings is 2. The molecule has 2 amide bonds. The highest BCUT2D eigenvalue weighted by Crippen LogP contribution is 2.40. The van der Waals surface area contributed by atoms with Crippen molar-refractivity contribution >= 4 is 11.8 Å². The highest BCUT2D eigenvalue weighted by molar-refractivity contribution is 5.90. The molecule has 1 aromatic carbocycles. The van der Waals surface area contributed by atoms with E-state index < -0.39 is 34.9 Å². The van der Waals surface area contributed by atoms with Gasteiger partial charge in [-0.25, -0.2) is 13.2 Å². The van der Waals surface area contributed by atoms with E-state index in [4.69, 9.17) is 10.5 Å². The third-order valence-electron chi connectivity index (χ3n) is 7.81. The Hall–Kier alpha value is -2.81. The zero-order valence-electron chi connectivity index (χ0n) is 22.2. The van der Waals surface area contributed by atoms with Crippen molar-refractivity contribution in [2.45, 2.75) is 56.8 Å². The topological polar surface area (TPSA) is 75.9 Å². The van der Waals surface area contributed by atoms with Gasteiger partial charge in [0.2, 0.25) is 11.6 Å². The summed E-state index contributed by atoms with van der Waals surface area (Å²) in [6.45, 7) is 5.93. The van der Waals surface area contributed by atoms with Gasteiger partial charge in [0, 0.05) is 31.5 Å². The molecule has 1 aromatic rings. The molecule has 4 rings (SSSR count). The number of alkyl halides is 2. The lowest BCUT2D eigenvalue weighted by Gasteiger charge is -2.38. The lowest BCUT2D eigenvalue weighted by atomic mass is 9.79. The SMILES string of the molecule is CC(C)(F)CN1CCC(COc2ccc(C3C=CC=CC3(F)C(=O)N3CCC(C(N)=O)CC3)cc2F)CC1. The molecule has 1 aliphatic carbocycles. The van der Waals surface area contributed by atoms with Crippen LogP contribution in [0.15, 0.2) is 42.5 Å². The number of rotatable bonds is 8. The largest absolute Gasteiger partial charge is 0.490 e. The fourth-order valence-electron chi connectivity index (χ4n) is 5.66. The first kappa shape index (κ1) is 28.2. The van der Waals surface area contributed by atoms with Gasteiger partial charge >= 0.3 is 0 Å². The first-order valence-corrected chi connectivity index (χ1v) is 13.4. The van der Waals surface area contributed by atoms with Gasteiger partial charge in [-0.2, -0.15) is 0 Å². The van der Waals surface area contributed by atoms with Crippen LogP contribution in [-0.2, 0) is 9.59 Å². The van der Waals surface area contributed by atoms with Crippen LogP contribution in [0.4, 0.5) is 13.2 Å². The molecule has 0 radical (unpaired) electrons. The summed E-state index contributed by atoms with van der Waals surface area (Å²) in [5.41, 5.74) is 2.10. The summed E-state index contributed by atoms with van der Waals surface area (Å²) < 4.78 is 51.0. The number of halogens is 3. The van der Waals surface area contributed by atoms with Crippen molar-refractivity contribution in [2.24, 2.45) is 17.6 Å². The molecule has 2 N–H and O–H groups in total. The van der Waals surface area contributed by atoms with Gasteiger partial charge in [0.15, 0.2) is 11.6 Å². The number of benzene rings is 1. The predicted octanol–water partition coefficient (Wildman–Crippen LogP) is 4.31. The fourth-order valence-corrected chi connectivity index (χ4v) is 5.66. The molecule has 38 heavy (non-hydrogen) atoms. The summed E-state index contributed by atoms with van der Waals surface area (Å²) >= 11 is 0. The quantitative estimate of drug-likeness (QED) is 0.541. The van der Waals surface area contributed by atoms with Crippen LogP contribution in [0.3, 0.4) is 0 Å². The summed E-state index contributed by atoms with van der Waals surface area (Å²) in [7, 11) is 0. The lowest BCUT2D eigenvalue weighted by molar-refractivity contribution is -0.144. The minimum atomic E-state index is -2.37. The van der Waals surface area contributed by atoms with Gasteiger partial charge < -0.3 is 20.3 Å². The third kappa shape index (κ3) is 6.60. The van der Waals surface area contributed by atoms with E-state index in [1.54, 1.807) is 32.1 Å². The Kier molecular flexibility index (Phi) is 8.55. The molecule has 208 valence electrons. The number of likely N-dealkylation sites (tertiary alicyclic amines) is 2.